The first-order valence-electron chi connectivity index (χ1n) is 4.63. The van der Waals surface area contributed by atoms with Gasteiger partial charge in [-0.05, 0) is 19.8 Å². The lowest BCUT2D eigenvalue weighted by molar-refractivity contribution is -0.119. The maximum Gasteiger partial charge on any atom is 0.139 e. The van der Waals surface area contributed by atoms with E-state index in [0.29, 0.717) is 5.92 Å². The smallest absolute Gasteiger partial charge is 0.139 e. The van der Waals surface area contributed by atoms with Crippen LogP contribution in [0.5, 0.6) is 0 Å². The van der Waals surface area contributed by atoms with E-state index in [-0.39, 0.29) is 11.7 Å². The zero-order chi connectivity index (χ0) is 10.4. The van der Waals surface area contributed by atoms with Gasteiger partial charge in [0.25, 0.3) is 0 Å². The molecule has 0 aromatic rings. The van der Waals surface area contributed by atoms with Crippen LogP contribution in [0.3, 0.4) is 0 Å². The number of hydrogen-bond donors (Lipinski definition) is 1. The molecular formula is C11H19NO. The van der Waals surface area contributed by atoms with Crippen molar-refractivity contribution in [1.82, 2.24) is 5.32 Å². The van der Waals surface area contributed by atoms with Crippen molar-refractivity contribution in [3.63, 3.8) is 0 Å². The van der Waals surface area contributed by atoms with Crippen LogP contribution in [0.1, 0.15) is 27.7 Å². The lowest BCUT2D eigenvalue weighted by atomic mass is 10.0. The summed E-state index contributed by atoms with van der Waals surface area (Å²) in [6.45, 7) is 12.1. The van der Waals surface area contributed by atoms with Crippen molar-refractivity contribution in [2.24, 2.45) is 11.8 Å². The standard InChI is InChI=1S/C11H19NO/c1-6-11(9(4)10(5)13)12-7-8(2)3/h8-9,12H,1,7H2,2-5H3. The van der Waals surface area contributed by atoms with Crippen LogP contribution in [0.2, 0.25) is 0 Å². The molecule has 0 fully saturated rings. The van der Waals surface area contributed by atoms with Crippen molar-refractivity contribution >= 4 is 5.78 Å². The molecule has 0 bridgehead atoms. The fraction of sp³-hybridized carbons (Fsp3) is 0.636. The van der Waals surface area contributed by atoms with Crippen LogP contribution < -0.4 is 5.32 Å². The zero-order valence-corrected chi connectivity index (χ0v) is 8.98. The number of ketones is 1. The Hall–Kier alpha value is -1.01. The molecule has 0 amide bonds. The zero-order valence-electron chi connectivity index (χ0n) is 8.98. The van der Waals surface area contributed by atoms with Gasteiger partial charge in [-0.15, -0.1) is 5.73 Å². The molecule has 74 valence electrons. The maximum atomic E-state index is 11.1. The minimum absolute atomic E-state index is 0.115. The number of Topliss-reactive ketones (excluding diaryl/α,β-unsaturated/α-hetero) is 1. The van der Waals surface area contributed by atoms with E-state index < -0.39 is 0 Å². The summed E-state index contributed by atoms with van der Waals surface area (Å²) in [4.78, 5) is 11.1. The fourth-order valence-corrected chi connectivity index (χ4v) is 0.886. The highest BCUT2D eigenvalue weighted by Gasteiger charge is 2.12. The number of nitrogens with one attached hydrogen (secondary N) is 1. The minimum Gasteiger partial charge on any atom is -0.381 e. The van der Waals surface area contributed by atoms with Gasteiger partial charge in [0, 0.05) is 6.54 Å². The van der Waals surface area contributed by atoms with Crippen molar-refractivity contribution in [3.8, 4) is 0 Å². The molecule has 2 heteroatoms. The molecule has 0 rings (SSSR count). The molecular weight excluding hydrogens is 162 g/mol. The second kappa shape index (κ2) is 5.60. The SMILES string of the molecule is C=C=C(NCC(C)C)C(C)C(C)=O. The van der Waals surface area contributed by atoms with E-state index in [9.17, 15) is 4.79 Å². The van der Waals surface area contributed by atoms with Crippen LogP contribution in [-0.2, 0) is 4.79 Å². The Kier molecular flexibility index (Phi) is 5.17. The maximum absolute atomic E-state index is 11.1. The second-order valence-corrected chi connectivity index (χ2v) is 3.70. The second-order valence-electron chi connectivity index (χ2n) is 3.70. The Morgan fingerprint density at radius 3 is 2.31 bits per heavy atom. The highest BCUT2D eigenvalue weighted by atomic mass is 16.1. The average Bonchev–Trinajstić information content (AvgIpc) is 2.04. The highest BCUT2D eigenvalue weighted by molar-refractivity contribution is 5.80. The molecule has 0 aliphatic heterocycles. The topological polar surface area (TPSA) is 29.1 Å². The average molecular weight is 181 g/mol. The van der Waals surface area contributed by atoms with E-state index in [4.69, 9.17) is 0 Å². The molecule has 1 unspecified atom stereocenters. The number of carbonyl (C=O) groups is 1. The van der Waals surface area contributed by atoms with E-state index in [1.807, 2.05) is 6.92 Å². The Morgan fingerprint density at radius 2 is 2.00 bits per heavy atom. The molecule has 2 nitrogen and oxygen atoms in total. The van der Waals surface area contributed by atoms with Crippen molar-refractivity contribution in [2.45, 2.75) is 27.7 Å². The molecule has 13 heavy (non-hydrogen) atoms. The Morgan fingerprint density at radius 1 is 1.46 bits per heavy atom. The van der Waals surface area contributed by atoms with E-state index in [1.165, 1.54) is 0 Å². The van der Waals surface area contributed by atoms with Crippen LogP contribution in [0, 0.1) is 11.8 Å². The fourth-order valence-electron chi connectivity index (χ4n) is 0.886. The Balaban J connectivity index is 4.21. The summed E-state index contributed by atoms with van der Waals surface area (Å²) in [6, 6.07) is 0. The molecule has 0 aromatic heterocycles. The van der Waals surface area contributed by atoms with Gasteiger partial charge in [-0.3, -0.25) is 4.79 Å². The summed E-state index contributed by atoms with van der Waals surface area (Å²) >= 11 is 0. The molecule has 0 aromatic carbocycles. The summed E-state index contributed by atoms with van der Waals surface area (Å²) in [6.07, 6.45) is 0. The van der Waals surface area contributed by atoms with E-state index in [2.05, 4.69) is 31.5 Å². The van der Waals surface area contributed by atoms with Crippen LogP contribution >= 0.6 is 0 Å². The van der Waals surface area contributed by atoms with Gasteiger partial charge >= 0.3 is 0 Å². The van der Waals surface area contributed by atoms with Gasteiger partial charge in [-0.25, -0.2) is 0 Å². The summed E-state index contributed by atoms with van der Waals surface area (Å²) < 4.78 is 0. The van der Waals surface area contributed by atoms with Crippen molar-refractivity contribution in [2.75, 3.05) is 6.54 Å². The summed E-state index contributed by atoms with van der Waals surface area (Å²) in [5.41, 5.74) is 3.58. The summed E-state index contributed by atoms with van der Waals surface area (Å²) in [5.74, 6) is 0.584. The third-order valence-corrected chi connectivity index (χ3v) is 1.93. The van der Waals surface area contributed by atoms with Gasteiger partial charge in [0.15, 0.2) is 0 Å². The first-order valence-corrected chi connectivity index (χ1v) is 4.63. The molecule has 1 N–H and O–H groups in total. The predicted molar refractivity (Wildman–Crippen MR) is 55.3 cm³/mol. The highest BCUT2D eigenvalue weighted by Crippen LogP contribution is 2.07. The van der Waals surface area contributed by atoms with Gasteiger partial charge < -0.3 is 5.32 Å². The van der Waals surface area contributed by atoms with Gasteiger partial charge in [-0.2, -0.15) is 0 Å². The van der Waals surface area contributed by atoms with Crippen LogP contribution in [0.15, 0.2) is 18.0 Å². The van der Waals surface area contributed by atoms with Crippen LogP contribution in [-0.4, -0.2) is 12.3 Å². The number of allylic oxidation sites excluding steroid dienone is 1. The predicted octanol–water partition coefficient (Wildman–Crippen LogP) is 2.13. The monoisotopic (exact) mass is 181 g/mol. The third-order valence-electron chi connectivity index (χ3n) is 1.93. The van der Waals surface area contributed by atoms with Gasteiger partial charge in [0.2, 0.25) is 0 Å². The third kappa shape index (κ3) is 4.54. The Bertz CT molecular complexity index is 224. The number of rotatable bonds is 5. The van der Waals surface area contributed by atoms with Crippen molar-refractivity contribution in [3.05, 3.63) is 18.0 Å². The van der Waals surface area contributed by atoms with E-state index in [1.54, 1.807) is 6.92 Å². The minimum atomic E-state index is -0.115. The summed E-state index contributed by atoms with van der Waals surface area (Å²) in [7, 11) is 0. The summed E-state index contributed by atoms with van der Waals surface area (Å²) in [5, 5.41) is 3.17. The molecule has 0 aliphatic carbocycles. The van der Waals surface area contributed by atoms with Crippen LogP contribution in [0.25, 0.3) is 0 Å². The molecule has 0 aliphatic rings. The Labute approximate surface area is 80.7 Å². The van der Waals surface area contributed by atoms with Gasteiger partial charge in [0.05, 0.1) is 11.6 Å². The first-order chi connectivity index (χ1) is 5.99. The quantitative estimate of drug-likeness (QED) is 0.658. The van der Waals surface area contributed by atoms with E-state index in [0.717, 1.165) is 12.2 Å². The lowest BCUT2D eigenvalue weighted by Crippen LogP contribution is -2.25. The number of carbonyl (C=O) groups excluding carboxylic acids is 1. The molecule has 0 spiro atoms. The van der Waals surface area contributed by atoms with Gasteiger partial charge in [0.1, 0.15) is 5.78 Å². The van der Waals surface area contributed by atoms with Crippen LogP contribution in [0.4, 0.5) is 0 Å². The molecule has 1 atom stereocenters. The molecule has 0 heterocycles. The molecule has 0 saturated heterocycles. The first kappa shape index (κ1) is 12.0. The van der Waals surface area contributed by atoms with Crippen molar-refractivity contribution < 1.29 is 4.79 Å². The molecule has 0 saturated carbocycles. The van der Waals surface area contributed by atoms with Crippen molar-refractivity contribution in [1.29, 1.82) is 0 Å². The largest absolute Gasteiger partial charge is 0.381 e. The number of hydrogen-bond acceptors (Lipinski definition) is 2. The van der Waals surface area contributed by atoms with E-state index >= 15 is 0 Å². The van der Waals surface area contributed by atoms with Gasteiger partial charge in [-0.1, -0.05) is 20.4 Å². The normalized spacial score (nSPS) is 12.1. The molecule has 0 radical (unpaired) electrons. The lowest BCUT2D eigenvalue weighted by Gasteiger charge is -2.14.